The molecule has 0 amide bonds. The second-order valence-electron chi connectivity index (χ2n) is 3.42. The van der Waals surface area contributed by atoms with Crippen molar-refractivity contribution in [2.45, 2.75) is 4.90 Å². The molecule has 0 aliphatic heterocycles. The van der Waals surface area contributed by atoms with E-state index in [0.29, 0.717) is 14.3 Å². The molecule has 100 valence electrons. The van der Waals surface area contributed by atoms with Crippen molar-refractivity contribution >= 4 is 61.5 Å². The standard InChI is InChI=1S/C10H6Cl2IN3O2S/c11-6-1-2-9(8(13)3-6)16-19(17,18)7-4-14-10(12)15-5-7/h1-5,16H. The van der Waals surface area contributed by atoms with E-state index in [4.69, 9.17) is 23.2 Å². The first-order valence-corrected chi connectivity index (χ1v) is 8.16. The molecule has 2 rings (SSSR count). The molecule has 5 nitrogen and oxygen atoms in total. The number of rotatable bonds is 3. The zero-order valence-electron chi connectivity index (χ0n) is 9.14. The number of nitrogens with one attached hydrogen (secondary N) is 1. The number of halogens is 3. The van der Waals surface area contributed by atoms with Crippen molar-refractivity contribution in [3.8, 4) is 0 Å². The van der Waals surface area contributed by atoms with Crippen molar-refractivity contribution in [3.63, 3.8) is 0 Å². The Morgan fingerprint density at radius 1 is 1.16 bits per heavy atom. The van der Waals surface area contributed by atoms with Crippen LogP contribution in [0.1, 0.15) is 0 Å². The van der Waals surface area contributed by atoms with Crippen LogP contribution >= 0.6 is 45.8 Å². The molecular formula is C10H6Cl2IN3O2S. The smallest absolute Gasteiger partial charge is 0.265 e. The van der Waals surface area contributed by atoms with E-state index < -0.39 is 10.0 Å². The van der Waals surface area contributed by atoms with Gasteiger partial charge < -0.3 is 0 Å². The molecule has 0 spiro atoms. The maximum absolute atomic E-state index is 12.1. The summed E-state index contributed by atoms with van der Waals surface area (Å²) < 4.78 is 27.3. The Labute approximate surface area is 133 Å². The average molecular weight is 430 g/mol. The number of aromatic nitrogens is 2. The summed E-state index contributed by atoms with van der Waals surface area (Å²) in [5.41, 5.74) is 0.431. The fraction of sp³-hybridized carbons (Fsp3) is 0. The molecule has 1 heterocycles. The third kappa shape index (κ3) is 3.68. The normalized spacial score (nSPS) is 11.3. The van der Waals surface area contributed by atoms with Crippen molar-refractivity contribution < 1.29 is 8.42 Å². The van der Waals surface area contributed by atoms with Crippen molar-refractivity contribution in [1.29, 1.82) is 0 Å². The largest absolute Gasteiger partial charge is 0.278 e. The topological polar surface area (TPSA) is 72.0 Å². The summed E-state index contributed by atoms with van der Waals surface area (Å²) in [4.78, 5) is 7.20. The lowest BCUT2D eigenvalue weighted by Gasteiger charge is -2.09. The maximum atomic E-state index is 12.1. The number of hydrogen-bond donors (Lipinski definition) is 1. The molecule has 0 radical (unpaired) electrons. The third-order valence-corrected chi connectivity index (χ3v) is 4.73. The third-order valence-electron chi connectivity index (χ3n) is 2.08. The fourth-order valence-corrected chi connectivity index (χ4v) is 3.47. The van der Waals surface area contributed by atoms with E-state index in [9.17, 15) is 8.42 Å². The molecule has 9 heteroatoms. The van der Waals surface area contributed by atoms with Gasteiger partial charge in [0, 0.05) is 8.59 Å². The highest BCUT2D eigenvalue weighted by Gasteiger charge is 2.16. The van der Waals surface area contributed by atoms with Crippen LogP contribution < -0.4 is 4.72 Å². The minimum atomic E-state index is -3.75. The molecule has 1 N–H and O–H groups in total. The maximum Gasteiger partial charge on any atom is 0.265 e. The monoisotopic (exact) mass is 429 g/mol. The fourth-order valence-electron chi connectivity index (χ4n) is 1.22. The molecule has 0 saturated heterocycles. The number of anilines is 1. The summed E-state index contributed by atoms with van der Waals surface area (Å²) in [5.74, 6) is 0. The Balaban J connectivity index is 2.33. The van der Waals surface area contributed by atoms with Crippen molar-refractivity contribution in [3.05, 3.63) is 44.5 Å². The Bertz CT molecular complexity index is 707. The Morgan fingerprint density at radius 3 is 2.37 bits per heavy atom. The molecule has 0 saturated carbocycles. The van der Waals surface area contributed by atoms with E-state index in [0.717, 1.165) is 12.4 Å². The SMILES string of the molecule is O=S(=O)(Nc1ccc(Cl)cc1I)c1cnc(Cl)nc1. The first kappa shape index (κ1) is 14.8. The molecule has 1 aromatic heterocycles. The van der Waals surface area contributed by atoms with Crippen LogP contribution in [0.25, 0.3) is 0 Å². The van der Waals surface area contributed by atoms with Crippen LogP contribution in [0.15, 0.2) is 35.5 Å². The molecule has 0 bridgehead atoms. The highest BCUT2D eigenvalue weighted by atomic mass is 127. The number of hydrogen-bond acceptors (Lipinski definition) is 4. The predicted molar refractivity (Wildman–Crippen MR) is 82.0 cm³/mol. The summed E-state index contributed by atoms with van der Waals surface area (Å²) in [7, 11) is -3.75. The second kappa shape index (κ2) is 5.78. The van der Waals surface area contributed by atoms with Gasteiger partial charge in [0.25, 0.3) is 10.0 Å². The van der Waals surface area contributed by atoms with Gasteiger partial charge in [0.2, 0.25) is 5.28 Å². The second-order valence-corrected chi connectivity index (χ2v) is 7.04. The van der Waals surface area contributed by atoms with Crippen LogP contribution in [0.3, 0.4) is 0 Å². The molecule has 19 heavy (non-hydrogen) atoms. The summed E-state index contributed by atoms with van der Waals surface area (Å²) in [5, 5.41) is 0.516. The average Bonchev–Trinajstić information content (AvgIpc) is 2.33. The number of sulfonamides is 1. The summed E-state index contributed by atoms with van der Waals surface area (Å²) >= 11 is 13.3. The van der Waals surface area contributed by atoms with Gasteiger partial charge in [-0.25, -0.2) is 18.4 Å². The van der Waals surface area contributed by atoms with Crippen LogP contribution in [0, 0.1) is 3.57 Å². The van der Waals surface area contributed by atoms with Gasteiger partial charge in [-0.05, 0) is 52.4 Å². The molecule has 2 aromatic rings. The zero-order valence-corrected chi connectivity index (χ0v) is 13.6. The van der Waals surface area contributed by atoms with Gasteiger partial charge in [0.1, 0.15) is 4.90 Å². The molecular weight excluding hydrogens is 424 g/mol. The molecule has 0 atom stereocenters. The summed E-state index contributed by atoms with van der Waals surface area (Å²) in [6.45, 7) is 0. The van der Waals surface area contributed by atoms with E-state index in [1.165, 1.54) is 0 Å². The van der Waals surface area contributed by atoms with Gasteiger partial charge in [-0.2, -0.15) is 0 Å². The first-order chi connectivity index (χ1) is 8.88. The molecule has 1 aromatic carbocycles. The molecule has 0 aliphatic rings. The lowest BCUT2D eigenvalue weighted by Crippen LogP contribution is -2.14. The Morgan fingerprint density at radius 2 is 1.79 bits per heavy atom. The Hall–Kier alpha value is -0.640. The highest BCUT2D eigenvalue weighted by Crippen LogP contribution is 2.24. The minimum absolute atomic E-state index is 0.0139. The molecule has 0 fully saturated rings. The van der Waals surface area contributed by atoms with Gasteiger partial charge in [-0.15, -0.1) is 0 Å². The van der Waals surface area contributed by atoms with E-state index in [1.807, 2.05) is 22.6 Å². The summed E-state index contributed by atoms with van der Waals surface area (Å²) in [6, 6.07) is 4.83. The van der Waals surface area contributed by atoms with Crippen molar-refractivity contribution in [2.24, 2.45) is 0 Å². The van der Waals surface area contributed by atoms with Gasteiger partial charge in [-0.1, -0.05) is 11.6 Å². The predicted octanol–water partition coefficient (Wildman–Crippen LogP) is 3.19. The summed E-state index contributed by atoms with van der Waals surface area (Å²) in [6.07, 6.45) is 2.28. The van der Waals surface area contributed by atoms with E-state index >= 15 is 0 Å². The van der Waals surface area contributed by atoms with Gasteiger partial charge in [0.05, 0.1) is 18.1 Å². The minimum Gasteiger partial charge on any atom is -0.278 e. The van der Waals surface area contributed by atoms with E-state index in [1.54, 1.807) is 18.2 Å². The quantitative estimate of drug-likeness (QED) is 0.600. The lowest BCUT2D eigenvalue weighted by molar-refractivity contribution is 0.600. The van der Waals surface area contributed by atoms with Gasteiger partial charge in [-0.3, -0.25) is 4.72 Å². The zero-order chi connectivity index (χ0) is 14.0. The molecule has 0 unspecified atom stereocenters. The van der Waals surface area contributed by atoms with E-state index in [-0.39, 0.29) is 10.2 Å². The number of benzene rings is 1. The van der Waals surface area contributed by atoms with Crippen LogP contribution in [0.5, 0.6) is 0 Å². The Kier molecular flexibility index (Phi) is 4.49. The molecule has 0 aliphatic carbocycles. The highest BCUT2D eigenvalue weighted by molar-refractivity contribution is 14.1. The number of nitrogens with zero attached hydrogens (tertiary/aromatic N) is 2. The lowest BCUT2D eigenvalue weighted by atomic mass is 10.3. The van der Waals surface area contributed by atoms with Crippen LogP contribution in [-0.2, 0) is 10.0 Å². The van der Waals surface area contributed by atoms with Crippen LogP contribution in [0.2, 0.25) is 10.3 Å². The van der Waals surface area contributed by atoms with Gasteiger partial charge in [0.15, 0.2) is 0 Å². The van der Waals surface area contributed by atoms with Gasteiger partial charge >= 0.3 is 0 Å². The van der Waals surface area contributed by atoms with Crippen LogP contribution in [-0.4, -0.2) is 18.4 Å². The first-order valence-electron chi connectivity index (χ1n) is 4.84. The van der Waals surface area contributed by atoms with E-state index in [2.05, 4.69) is 14.7 Å². The van der Waals surface area contributed by atoms with Crippen molar-refractivity contribution in [1.82, 2.24) is 9.97 Å². The van der Waals surface area contributed by atoms with Crippen LogP contribution in [0.4, 0.5) is 5.69 Å². The van der Waals surface area contributed by atoms with Crippen molar-refractivity contribution in [2.75, 3.05) is 4.72 Å².